The molecule has 0 radical (unpaired) electrons. The number of halogens is 1. The number of ether oxygens (including phenoxy) is 1. The van der Waals surface area contributed by atoms with Gasteiger partial charge in [-0.05, 0) is 99.1 Å². The van der Waals surface area contributed by atoms with Crippen LogP contribution in [0, 0.1) is 25.2 Å². The molecule has 53 heavy (non-hydrogen) atoms. The van der Waals surface area contributed by atoms with Crippen LogP contribution >= 0.6 is 12.4 Å². The minimum absolute atomic E-state index is 0. The molecular formula is C39H44ClN7O5S. The number of nitrogens with zero attached hydrogens (tertiary/aromatic N) is 5. The lowest BCUT2D eigenvalue weighted by Crippen LogP contribution is -2.55. The zero-order chi connectivity index (χ0) is 36.4. The number of fused-ring (bicyclic) bond motifs is 1. The monoisotopic (exact) mass is 757 g/mol. The first-order valence-electron chi connectivity index (χ1n) is 17.8. The third-order valence-electron chi connectivity index (χ3n) is 11.3. The van der Waals surface area contributed by atoms with Crippen LogP contribution < -0.4 is 14.8 Å². The summed E-state index contributed by atoms with van der Waals surface area (Å²) in [4.78, 5) is 30.2. The minimum atomic E-state index is -4.23. The number of rotatable bonds is 14. The van der Waals surface area contributed by atoms with Gasteiger partial charge in [0.2, 0.25) is 11.8 Å². The van der Waals surface area contributed by atoms with Gasteiger partial charge in [-0.25, -0.2) is 27.9 Å². The Kier molecular flexibility index (Phi) is 9.48. The summed E-state index contributed by atoms with van der Waals surface area (Å²) in [6, 6.07) is 14.9. The van der Waals surface area contributed by atoms with E-state index in [0.717, 1.165) is 52.0 Å². The maximum absolute atomic E-state index is 13.5. The third-order valence-corrected chi connectivity index (χ3v) is 12.6. The molecule has 4 aliphatic rings. The van der Waals surface area contributed by atoms with E-state index in [1.54, 1.807) is 6.07 Å². The van der Waals surface area contributed by atoms with Gasteiger partial charge in [-0.3, -0.25) is 4.98 Å². The second-order valence-electron chi connectivity index (χ2n) is 15.4. The first-order chi connectivity index (χ1) is 24.8. The van der Waals surface area contributed by atoms with Crippen LogP contribution in [-0.4, -0.2) is 56.6 Å². The Labute approximate surface area is 315 Å². The van der Waals surface area contributed by atoms with E-state index in [-0.39, 0.29) is 46.2 Å². The van der Waals surface area contributed by atoms with E-state index in [1.807, 2.05) is 38.2 Å². The Balaban J connectivity index is 0.00000435. The molecule has 4 saturated carbocycles. The van der Waals surface area contributed by atoms with Crippen molar-refractivity contribution < 1.29 is 23.1 Å². The molecule has 5 aromatic rings. The number of benzene rings is 2. The van der Waals surface area contributed by atoms with Crippen molar-refractivity contribution in [3.8, 4) is 17.1 Å². The average molecular weight is 758 g/mol. The van der Waals surface area contributed by atoms with Gasteiger partial charge in [0.1, 0.15) is 12.1 Å². The molecule has 0 amide bonds. The Bertz CT molecular complexity index is 2300. The molecule has 1 atom stereocenters. The fourth-order valence-electron chi connectivity index (χ4n) is 8.14. The number of carboxylic acid groups (broad SMARTS) is 1. The van der Waals surface area contributed by atoms with Crippen molar-refractivity contribution in [1.29, 1.82) is 0 Å². The van der Waals surface area contributed by atoms with Crippen LogP contribution in [0.15, 0.2) is 65.7 Å². The van der Waals surface area contributed by atoms with Gasteiger partial charge in [-0.2, -0.15) is 4.98 Å². The minimum Gasteiger partial charge on any atom is -0.478 e. The summed E-state index contributed by atoms with van der Waals surface area (Å²) in [6.45, 7) is 7.05. The normalized spacial score (nSPS) is 20.1. The first-order valence-corrected chi connectivity index (χ1v) is 19.3. The number of hydrogen-bond acceptors (Lipinski definition) is 9. The summed E-state index contributed by atoms with van der Waals surface area (Å²) < 4.78 is 38.0. The van der Waals surface area contributed by atoms with E-state index >= 15 is 0 Å². The molecule has 14 heteroatoms. The highest BCUT2D eigenvalue weighted by Crippen LogP contribution is 2.66. The van der Waals surface area contributed by atoms with Crippen LogP contribution in [-0.2, 0) is 29.0 Å². The third kappa shape index (κ3) is 7.21. The zero-order valence-corrected chi connectivity index (χ0v) is 31.9. The number of sulfonamides is 1. The highest BCUT2D eigenvalue weighted by atomic mass is 35.5. The smallest absolute Gasteiger partial charge is 0.335 e. The molecule has 0 unspecified atom stereocenters. The molecule has 3 N–H and O–H groups in total. The Morgan fingerprint density at radius 1 is 1.04 bits per heavy atom. The molecule has 4 fully saturated rings. The number of nitrogens with one attached hydrogen (secondary N) is 2. The quantitative estimate of drug-likeness (QED) is 0.111. The van der Waals surface area contributed by atoms with Gasteiger partial charge in [0, 0.05) is 42.4 Å². The number of anilines is 1. The van der Waals surface area contributed by atoms with Crippen molar-refractivity contribution in [2.24, 2.45) is 18.4 Å². The standard InChI is InChI=1S/C39H43N7O5S.ClH/c1-23-7-5-8-24(2)34(23)30-15-33(44-37(43-30)45-52(49,50)29-10-6-9-26(13-29)36(47)48)51-22-27(19-39-16-25(17-39)18-39)40-20-28-21-41-31-14-32(38(3)11-12-38)46(4)35(31)42-28;/h5-10,13-15,21,25,27,40H,11-12,16-20,22H2,1-4H3,(H,47,48)(H,43,44,45);1H/t25?,27-,39?;/m1./s1. The number of aromatic nitrogens is 5. The molecule has 4 aliphatic carbocycles. The molecule has 2 aromatic carbocycles. The number of hydrogen-bond donors (Lipinski definition) is 3. The molecule has 0 spiro atoms. The molecule has 3 aromatic heterocycles. The van der Waals surface area contributed by atoms with Crippen molar-refractivity contribution in [2.75, 3.05) is 11.3 Å². The molecule has 9 rings (SSSR count). The SMILES string of the molecule is Cc1cccc(C)c1-c1cc(OC[C@@H](CC23CC(C2)C3)NCc2cnc3cc(C4(C)CC4)n(C)c3n2)nc(NS(=O)(=O)c2cccc(C(=O)O)c2)n1.Cl. The van der Waals surface area contributed by atoms with Gasteiger partial charge < -0.3 is 19.7 Å². The maximum Gasteiger partial charge on any atom is 0.335 e. The number of aromatic carboxylic acids is 1. The van der Waals surface area contributed by atoms with Gasteiger partial charge in [-0.1, -0.05) is 31.2 Å². The highest BCUT2D eigenvalue weighted by Gasteiger charge is 2.56. The Morgan fingerprint density at radius 2 is 1.75 bits per heavy atom. The van der Waals surface area contributed by atoms with E-state index in [9.17, 15) is 18.3 Å². The molecule has 0 saturated heterocycles. The van der Waals surface area contributed by atoms with Crippen molar-refractivity contribution in [2.45, 2.75) is 82.2 Å². The predicted octanol–water partition coefficient (Wildman–Crippen LogP) is 6.74. The number of carbonyl (C=O) groups is 1. The second kappa shape index (κ2) is 13.7. The van der Waals surface area contributed by atoms with Crippen LogP contribution in [0.4, 0.5) is 5.95 Å². The largest absolute Gasteiger partial charge is 0.478 e. The lowest BCUT2D eigenvalue weighted by molar-refractivity contribution is -0.119. The molecule has 3 heterocycles. The Morgan fingerprint density at radius 3 is 2.42 bits per heavy atom. The Hall–Kier alpha value is -4.59. The van der Waals surface area contributed by atoms with E-state index in [0.29, 0.717) is 24.3 Å². The van der Waals surface area contributed by atoms with Crippen molar-refractivity contribution in [3.05, 3.63) is 88.9 Å². The fraction of sp³-hybridized carbons (Fsp3) is 0.410. The lowest BCUT2D eigenvalue weighted by atomic mass is 9.43. The average Bonchev–Trinajstić information content (AvgIpc) is 3.73. The van der Waals surface area contributed by atoms with Crippen molar-refractivity contribution in [3.63, 3.8) is 0 Å². The van der Waals surface area contributed by atoms with Crippen LogP contribution in [0.5, 0.6) is 5.88 Å². The topological polar surface area (TPSA) is 161 Å². The van der Waals surface area contributed by atoms with E-state index in [4.69, 9.17) is 14.7 Å². The first kappa shape index (κ1) is 36.8. The number of aryl methyl sites for hydroxylation is 3. The van der Waals surface area contributed by atoms with Gasteiger partial charge in [0.15, 0.2) is 5.65 Å². The van der Waals surface area contributed by atoms with Crippen LogP contribution in [0.25, 0.3) is 22.4 Å². The summed E-state index contributed by atoms with van der Waals surface area (Å²) in [7, 11) is -2.16. The highest BCUT2D eigenvalue weighted by molar-refractivity contribution is 7.92. The van der Waals surface area contributed by atoms with Gasteiger partial charge in [0.25, 0.3) is 10.0 Å². The molecule has 2 bridgehead atoms. The summed E-state index contributed by atoms with van der Waals surface area (Å²) in [5, 5.41) is 13.1. The van der Waals surface area contributed by atoms with Gasteiger partial charge >= 0.3 is 5.97 Å². The molecular weight excluding hydrogens is 714 g/mol. The zero-order valence-electron chi connectivity index (χ0n) is 30.2. The second-order valence-corrected chi connectivity index (χ2v) is 17.1. The fourth-order valence-corrected chi connectivity index (χ4v) is 9.13. The van der Waals surface area contributed by atoms with Gasteiger partial charge in [-0.15, -0.1) is 12.4 Å². The predicted molar refractivity (Wildman–Crippen MR) is 204 cm³/mol. The summed E-state index contributed by atoms with van der Waals surface area (Å²) in [5.41, 5.74) is 7.61. The molecule has 278 valence electrons. The lowest BCUT2D eigenvalue weighted by Gasteiger charge is -2.63. The molecule has 12 nitrogen and oxygen atoms in total. The van der Waals surface area contributed by atoms with E-state index in [1.165, 1.54) is 56.0 Å². The maximum atomic E-state index is 13.5. The summed E-state index contributed by atoms with van der Waals surface area (Å²) in [6.07, 6.45) is 8.87. The van der Waals surface area contributed by atoms with Crippen molar-refractivity contribution in [1.82, 2.24) is 29.8 Å². The number of carboxylic acids is 1. The van der Waals surface area contributed by atoms with Crippen LogP contribution in [0.2, 0.25) is 0 Å². The van der Waals surface area contributed by atoms with Crippen LogP contribution in [0.3, 0.4) is 0 Å². The summed E-state index contributed by atoms with van der Waals surface area (Å²) >= 11 is 0. The van der Waals surface area contributed by atoms with E-state index in [2.05, 4.69) is 44.6 Å². The van der Waals surface area contributed by atoms with Crippen LogP contribution in [0.1, 0.15) is 78.3 Å². The summed E-state index contributed by atoms with van der Waals surface area (Å²) in [5.74, 6) is -0.346. The van der Waals surface area contributed by atoms with Crippen molar-refractivity contribution >= 4 is 45.5 Å². The molecule has 0 aliphatic heterocycles. The van der Waals surface area contributed by atoms with Gasteiger partial charge in [0.05, 0.1) is 28.0 Å². The van der Waals surface area contributed by atoms with E-state index < -0.39 is 16.0 Å².